The molecular weight excluding hydrogens is 278 g/mol. The molecule has 1 aliphatic rings. The first-order valence-electron chi connectivity index (χ1n) is 7.12. The van der Waals surface area contributed by atoms with E-state index in [4.69, 9.17) is 11.6 Å². The van der Waals surface area contributed by atoms with Crippen LogP contribution in [0.1, 0.15) is 38.2 Å². The lowest BCUT2D eigenvalue weighted by Crippen LogP contribution is -2.30. The van der Waals surface area contributed by atoms with E-state index < -0.39 is 0 Å². The van der Waals surface area contributed by atoms with Gasteiger partial charge in [0.1, 0.15) is 0 Å². The Morgan fingerprint density at radius 1 is 1.45 bits per heavy atom. The van der Waals surface area contributed by atoms with Gasteiger partial charge in [-0.05, 0) is 49.7 Å². The zero-order chi connectivity index (χ0) is 14.7. The molecular formula is C15H20ClNO3. The van der Waals surface area contributed by atoms with Gasteiger partial charge in [-0.3, -0.25) is 10.1 Å². The van der Waals surface area contributed by atoms with Crippen molar-refractivity contribution in [3.8, 4) is 0 Å². The van der Waals surface area contributed by atoms with Crippen molar-refractivity contribution in [2.75, 3.05) is 0 Å². The van der Waals surface area contributed by atoms with Gasteiger partial charge in [0.15, 0.2) is 0 Å². The number of rotatable bonds is 4. The van der Waals surface area contributed by atoms with Crippen molar-refractivity contribution in [1.29, 1.82) is 0 Å². The molecule has 3 atom stereocenters. The van der Waals surface area contributed by atoms with Gasteiger partial charge in [0.25, 0.3) is 5.69 Å². The number of benzene rings is 1. The molecule has 3 unspecified atom stereocenters. The molecule has 1 aromatic rings. The van der Waals surface area contributed by atoms with Crippen LogP contribution in [0.4, 0.5) is 5.69 Å². The normalized spacial score (nSPS) is 26.4. The molecule has 2 rings (SSSR count). The maximum atomic E-state index is 11.1. The van der Waals surface area contributed by atoms with Gasteiger partial charge in [-0.1, -0.05) is 24.9 Å². The molecule has 0 heterocycles. The van der Waals surface area contributed by atoms with Crippen LogP contribution in [0.2, 0.25) is 5.02 Å². The zero-order valence-electron chi connectivity index (χ0n) is 11.6. The average Bonchev–Trinajstić information content (AvgIpc) is 2.41. The number of hydrogen-bond acceptors (Lipinski definition) is 3. The molecule has 1 saturated carbocycles. The zero-order valence-corrected chi connectivity index (χ0v) is 12.3. The van der Waals surface area contributed by atoms with Gasteiger partial charge >= 0.3 is 0 Å². The fourth-order valence-corrected chi connectivity index (χ4v) is 3.31. The summed E-state index contributed by atoms with van der Waals surface area (Å²) in [6.45, 7) is 2.15. The van der Waals surface area contributed by atoms with E-state index in [1.54, 1.807) is 6.07 Å². The number of hydrogen-bond donors (Lipinski definition) is 1. The smallest absolute Gasteiger partial charge is 0.272 e. The van der Waals surface area contributed by atoms with Crippen molar-refractivity contribution in [2.24, 2.45) is 11.8 Å². The summed E-state index contributed by atoms with van der Waals surface area (Å²) in [5.74, 6) is 0.701. The van der Waals surface area contributed by atoms with E-state index in [0.29, 0.717) is 22.9 Å². The van der Waals surface area contributed by atoms with Crippen LogP contribution in [-0.2, 0) is 6.42 Å². The molecule has 1 aromatic carbocycles. The molecule has 1 N–H and O–H groups in total. The lowest BCUT2D eigenvalue weighted by Gasteiger charge is -2.33. The first-order valence-corrected chi connectivity index (χ1v) is 7.50. The van der Waals surface area contributed by atoms with E-state index in [2.05, 4.69) is 6.92 Å². The number of aliphatic hydroxyl groups is 1. The Morgan fingerprint density at radius 3 is 2.85 bits per heavy atom. The third-order valence-corrected chi connectivity index (χ3v) is 4.58. The van der Waals surface area contributed by atoms with E-state index >= 15 is 0 Å². The minimum atomic E-state index is -0.377. The number of aliphatic hydroxyl groups excluding tert-OH is 1. The topological polar surface area (TPSA) is 63.4 Å². The van der Waals surface area contributed by atoms with Crippen LogP contribution in [0, 0.1) is 22.0 Å². The summed E-state index contributed by atoms with van der Waals surface area (Å²) in [4.78, 5) is 10.7. The van der Waals surface area contributed by atoms with Crippen molar-refractivity contribution in [1.82, 2.24) is 0 Å². The standard InChI is InChI=1S/C15H20ClNO3/c1-2-10-3-6-15(18)12(7-10)8-11-9-13(16)4-5-14(11)17(19)20/h4-5,9-10,12,15,18H,2-3,6-8H2,1H3. The summed E-state index contributed by atoms with van der Waals surface area (Å²) in [5, 5.41) is 21.7. The predicted molar refractivity (Wildman–Crippen MR) is 78.9 cm³/mol. The summed E-state index contributed by atoms with van der Waals surface area (Å²) in [6.07, 6.45) is 4.02. The number of nitrogens with zero attached hydrogens (tertiary/aromatic N) is 1. The lowest BCUT2D eigenvalue weighted by atomic mass is 9.75. The van der Waals surface area contributed by atoms with E-state index in [9.17, 15) is 15.2 Å². The largest absolute Gasteiger partial charge is 0.393 e. The van der Waals surface area contributed by atoms with Crippen LogP contribution < -0.4 is 0 Å². The highest BCUT2D eigenvalue weighted by Gasteiger charge is 2.30. The highest BCUT2D eigenvalue weighted by Crippen LogP contribution is 2.35. The second-order valence-electron chi connectivity index (χ2n) is 5.65. The molecule has 1 aliphatic carbocycles. The fourth-order valence-electron chi connectivity index (χ4n) is 3.11. The van der Waals surface area contributed by atoms with Gasteiger partial charge in [0.2, 0.25) is 0 Å². The Labute approximate surface area is 123 Å². The Bertz CT molecular complexity index is 492. The SMILES string of the molecule is CCC1CCC(O)C(Cc2cc(Cl)ccc2[N+](=O)[O-])C1. The molecule has 20 heavy (non-hydrogen) atoms. The summed E-state index contributed by atoms with van der Waals surface area (Å²) >= 11 is 5.95. The van der Waals surface area contributed by atoms with E-state index in [1.807, 2.05) is 0 Å². The van der Waals surface area contributed by atoms with E-state index in [-0.39, 0.29) is 22.6 Å². The third kappa shape index (κ3) is 3.49. The molecule has 4 nitrogen and oxygen atoms in total. The summed E-state index contributed by atoms with van der Waals surface area (Å²) in [7, 11) is 0. The Kier molecular flexibility index (Phi) is 5.00. The Morgan fingerprint density at radius 2 is 2.20 bits per heavy atom. The minimum Gasteiger partial charge on any atom is -0.393 e. The van der Waals surface area contributed by atoms with Crippen LogP contribution in [-0.4, -0.2) is 16.1 Å². The van der Waals surface area contributed by atoms with Gasteiger partial charge in [-0.25, -0.2) is 0 Å². The van der Waals surface area contributed by atoms with Gasteiger partial charge < -0.3 is 5.11 Å². The highest BCUT2D eigenvalue weighted by molar-refractivity contribution is 6.30. The Hall–Kier alpha value is -1.13. The van der Waals surface area contributed by atoms with Crippen molar-refractivity contribution < 1.29 is 10.0 Å². The van der Waals surface area contributed by atoms with Gasteiger partial charge in [0, 0.05) is 16.7 Å². The van der Waals surface area contributed by atoms with Crippen molar-refractivity contribution >= 4 is 17.3 Å². The van der Waals surface area contributed by atoms with Crippen LogP contribution in [0.25, 0.3) is 0 Å². The minimum absolute atomic E-state index is 0.0888. The number of nitro groups is 1. The van der Waals surface area contributed by atoms with Crippen LogP contribution in [0.15, 0.2) is 18.2 Å². The molecule has 0 aliphatic heterocycles. The molecule has 1 fully saturated rings. The molecule has 0 radical (unpaired) electrons. The summed E-state index contributed by atoms with van der Waals surface area (Å²) in [6, 6.07) is 4.64. The maximum absolute atomic E-state index is 11.1. The molecule has 110 valence electrons. The average molecular weight is 298 g/mol. The summed E-state index contributed by atoms with van der Waals surface area (Å²) < 4.78 is 0. The number of nitro benzene ring substituents is 1. The van der Waals surface area contributed by atoms with E-state index in [0.717, 1.165) is 25.7 Å². The molecule has 0 aromatic heterocycles. The van der Waals surface area contributed by atoms with Crippen molar-refractivity contribution in [2.45, 2.75) is 45.1 Å². The van der Waals surface area contributed by atoms with Crippen LogP contribution in [0.3, 0.4) is 0 Å². The first kappa shape index (κ1) is 15.3. The summed E-state index contributed by atoms with van der Waals surface area (Å²) in [5.41, 5.74) is 0.725. The second kappa shape index (κ2) is 6.55. The van der Waals surface area contributed by atoms with Crippen LogP contribution >= 0.6 is 11.6 Å². The highest BCUT2D eigenvalue weighted by atomic mass is 35.5. The molecule has 0 spiro atoms. The molecule has 0 amide bonds. The lowest BCUT2D eigenvalue weighted by molar-refractivity contribution is -0.385. The third-order valence-electron chi connectivity index (χ3n) is 4.35. The Balaban J connectivity index is 2.19. The second-order valence-corrected chi connectivity index (χ2v) is 6.09. The maximum Gasteiger partial charge on any atom is 0.272 e. The molecule has 0 saturated heterocycles. The van der Waals surface area contributed by atoms with Crippen LogP contribution in [0.5, 0.6) is 0 Å². The number of halogens is 1. The van der Waals surface area contributed by atoms with Crippen molar-refractivity contribution in [3.63, 3.8) is 0 Å². The van der Waals surface area contributed by atoms with Crippen molar-refractivity contribution in [3.05, 3.63) is 38.9 Å². The monoisotopic (exact) mass is 297 g/mol. The van der Waals surface area contributed by atoms with Gasteiger partial charge in [-0.2, -0.15) is 0 Å². The van der Waals surface area contributed by atoms with E-state index in [1.165, 1.54) is 12.1 Å². The fraction of sp³-hybridized carbons (Fsp3) is 0.600. The first-order chi connectivity index (χ1) is 9.51. The molecule has 5 heteroatoms. The van der Waals surface area contributed by atoms with Gasteiger partial charge in [-0.15, -0.1) is 0 Å². The predicted octanol–water partition coefficient (Wildman–Crippen LogP) is 3.98. The molecule has 0 bridgehead atoms. The quantitative estimate of drug-likeness (QED) is 0.675. The van der Waals surface area contributed by atoms with Gasteiger partial charge in [0.05, 0.1) is 11.0 Å².